The normalized spacial score (nSPS) is 18.3. The molecular formula is C24H23F2N5O2S. The van der Waals surface area contributed by atoms with Gasteiger partial charge in [-0.05, 0) is 56.7 Å². The van der Waals surface area contributed by atoms with E-state index in [0.29, 0.717) is 6.54 Å². The van der Waals surface area contributed by atoms with Gasteiger partial charge in [0.2, 0.25) is 0 Å². The van der Waals surface area contributed by atoms with E-state index in [-0.39, 0.29) is 17.5 Å². The van der Waals surface area contributed by atoms with Crippen LogP contribution in [0.3, 0.4) is 0 Å². The predicted molar refractivity (Wildman–Crippen MR) is 125 cm³/mol. The maximum atomic E-state index is 13.5. The number of phenols is 1. The molecule has 1 amide bonds. The van der Waals surface area contributed by atoms with Gasteiger partial charge in [-0.25, -0.2) is 8.78 Å². The number of amides is 1. The second-order valence-electron chi connectivity index (χ2n) is 8.68. The molecule has 2 aromatic carbocycles. The average Bonchev–Trinajstić information content (AvgIpc) is 3.46. The minimum absolute atomic E-state index is 0.146. The number of hydrogen-bond acceptors (Lipinski definition) is 6. The highest BCUT2D eigenvalue weighted by molar-refractivity contribution is 7.14. The van der Waals surface area contributed by atoms with Gasteiger partial charge in [0.25, 0.3) is 5.91 Å². The van der Waals surface area contributed by atoms with Gasteiger partial charge in [0.15, 0.2) is 17.4 Å². The number of hydrogen-bond donors (Lipinski definition) is 2. The molecule has 1 saturated carbocycles. The molecule has 0 radical (unpaired) electrons. The van der Waals surface area contributed by atoms with E-state index in [4.69, 9.17) is 5.10 Å². The third-order valence-electron chi connectivity index (χ3n) is 6.32. The van der Waals surface area contributed by atoms with Gasteiger partial charge in [-0.15, -0.1) is 10.2 Å². The van der Waals surface area contributed by atoms with E-state index in [1.165, 1.54) is 0 Å². The lowest BCUT2D eigenvalue weighted by Crippen LogP contribution is -2.31. The Morgan fingerprint density at radius 1 is 1.15 bits per heavy atom. The van der Waals surface area contributed by atoms with Gasteiger partial charge < -0.3 is 10.4 Å². The van der Waals surface area contributed by atoms with Crippen LogP contribution in [0.1, 0.15) is 47.1 Å². The van der Waals surface area contributed by atoms with Crippen LogP contribution >= 0.6 is 11.3 Å². The molecular weight excluding hydrogens is 460 g/mol. The van der Waals surface area contributed by atoms with E-state index in [1.807, 2.05) is 23.7 Å². The maximum Gasteiger partial charge on any atom is 0.251 e. The van der Waals surface area contributed by atoms with Crippen LogP contribution in [-0.4, -0.2) is 37.5 Å². The fourth-order valence-electron chi connectivity index (χ4n) is 4.42. The summed E-state index contributed by atoms with van der Waals surface area (Å²) in [4.78, 5) is 12.3. The van der Waals surface area contributed by atoms with Gasteiger partial charge in [0.05, 0.1) is 11.6 Å². The second-order valence-corrected chi connectivity index (χ2v) is 9.86. The SMILES string of the molecule is Cc1nnc(-c2ccc3cn(C4CCC(CNC(=O)c5cc(F)c(O)c(F)c5)CC4)nc3c2)s1. The van der Waals surface area contributed by atoms with Gasteiger partial charge in [-0.2, -0.15) is 5.10 Å². The van der Waals surface area contributed by atoms with E-state index in [1.54, 1.807) is 11.3 Å². The summed E-state index contributed by atoms with van der Waals surface area (Å²) in [6.45, 7) is 2.37. The number of carbonyl (C=O) groups excluding carboxylic acids is 1. The Morgan fingerprint density at radius 2 is 1.88 bits per heavy atom. The molecule has 34 heavy (non-hydrogen) atoms. The van der Waals surface area contributed by atoms with Gasteiger partial charge in [0, 0.05) is 29.3 Å². The number of aromatic hydroxyl groups is 1. The molecule has 2 heterocycles. The number of aryl methyl sites for hydroxylation is 1. The summed E-state index contributed by atoms with van der Waals surface area (Å²) in [6, 6.07) is 8.10. The van der Waals surface area contributed by atoms with Crippen LogP contribution in [0.4, 0.5) is 8.78 Å². The molecule has 2 N–H and O–H groups in total. The van der Waals surface area contributed by atoms with Crippen molar-refractivity contribution >= 4 is 28.1 Å². The zero-order valence-corrected chi connectivity index (χ0v) is 19.3. The Kier molecular flexibility index (Phi) is 5.99. The summed E-state index contributed by atoms with van der Waals surface area (Å²) in [5.41, 5.74) is 1.79. The fraction of sp³-hybridized carbons (Fsp3) is 0.333. The maximum absolute atomic E-state index is 13.5. The largest absolute Gasteiger partial charge is 0.503 e. The zero-order valence-electron chi connectivity index (χ0n) is 18.5. The Morgan fingerprint density at radius 3 is 2.56 bits per heavy atom. The third-order valence-corrected chi connectivity index (χ3v) is 7.21. The highest BCUT2D eigenvalue weighted by Crippen LogP contribution is 2.33. The summed E-state index contributed by atoms with van der Waals surface area (Å²) >= 11 is 1.56. The number of phenolic OH excluding ortho intramolecular Hbond substituents is 1. The number of fused-ring (bicyclic) bond motifs is 1. The summed E-state index contributed by atoms with van der Waals surface area (Å²) in [7, 11) is 0. The average molecular weight is 484 g/mol. The molecule has 1 fully saturated rings. The van der Waals surface area contributed by atoms with E-state index in [2.05, 4.69) is 27.8 Å². The molecule has 4 aromatic rings. The molecule has 0 saturated heterocycles. The molecule has 7 nitrogen and oxygen atoms in total. The lowest BCUT2D eigenvalue weighted by atomic mass is 9.86. The number of nitrogens with zero attached hydrogens (tertiary/aromatic N) is 4. The fourth-order valence-corrected chi connectivity index (χ4v) is 5.11. The first-order valence-electron chi connectivity index (χ1n) is 11.1. The van der Waals surface area contributed by atoms with E-state index in [9.17, 15) is 18.7 Å². The number of aromatic nitrogens is 4. The number of rotatable bonds is 5. The van der Waals surface area contributed by atoms with Crippen molar-refractivity contribution in [2.24, 2.45) is 5.92 Å². The molecule has 0 spiro atoms. The van der Waals surface area contributed by atoms with Gasteiger partial charge in [-0.3, -0.25) is 9.48 Å². The van der Waals surface area contributed by atoms with E-state index < -0.39 is 23.3 Å². The van der Waals surface area contributed by atoms with Crippen LogP contribution in [0.25, 0.3) is 21.5 Å². The minimum Gasteiger partial charge on any atom is -0.503 e. The summed E-state index contributed by atoms with van der Waals surface area (Å²) in [5.74, 6) is -3.65. The Balaban J connectivity index is 1.18. The monoisotopic (exact) mass is 483 g/mol. The molecule has 2 aromatic heterocycles. The van der Waals surface area contributed by atoms with Crippen molar-refractivity contribution in [2.75, 3.05) is 6.54 Å². The van der Waals surface area contributed by atoms with Gasteiger partial charge in [-0.1, -0.05) is 23.5 Å². The van der Waals surface area contributed by atoms with Crippen molar-refractivity contribution in [3.05, 3.63) is 58.7 Å². The number of benzene rings is 2. The standard InChI is InChI=1S/C24H23F2N5O2S/c1-13-28-29-24(34-13)15-4-5-16-12-31(30-21(16)10-15)18-6-2-14(3-7-18)11-27-23(33)17-8-19(25)22(32)20(26)9-17/h4-5,8-10,12,14,18,32H,2-3,6-7,11H2,1H3,(H,27,33). The first-order valence-corrected chi connectivity index (χ1v) is 11.9. The summed E-state index contributed by atoms with van der Waals surface area (Å²) < 4.78 is 29.0. The minimum atomic E-state index is -1.15. The first-order chi connectivity index (χ1) is 16.4. The summed E-state index contributed by atoms with van der Waals surface area (Å²) in [5, 5.41) is 27.9. The lowest BCUT2D eigenvalue weighted by molar-refractivity contribution is 0.0940. The van der Waals surface area contributed by atoms with Crippen LogP contribution in [0.5, 0.6) is 5.75 Å². The molecule has 5 rings (SSSR count). The van der Waals surface area contributed by atoms with Crippen LogP contribution < -0.4 is 5.32 Å². The summed E-state index contributed by atoms with van der Waals surface area (Å²) in [6.07, 6.45) is 5.76. The van der Waals surface area contributed by atoms with Crippen molar-refractivity contribution in [3.63, 3.8) is 0 Å². The number of carbonyl (C=O) groups is 1. The number of nitrogens with one attached hydrogen (secondary N) is 1. The Hall–Kier alpha value is -3.40. The highest BCUT2D eigenvalue weighted by atomic mass is 32.1. The van der Waals surface area contributed by atoms with Crippen LogP contribution in [-0.2, 0) is 0 Å². The first kappa shape index (κ1) is 22.4. The van der Waals surface area contributed by atoms with Gasteiger partial charge >= 0.3 is 0 Å². The van der Waals surface area contributed by atoms with Crippen molar-refractivity contribution in [1.29, 1.82) is 0 Å². The zero-order chi connectivity index (χ0) is 23.8. The highest BCUT2D eigenvalue weighted by Gasteiger charge is 2.24. The number of halogens is 2. The molecule has 1 aliphatic carbocycles. The molecule has 10 heteroatoms. The third kappa shape index (κ3) is 4.50. The Bertz CT molecular complexity index is 1340. The molecule has 1 aliphatic rings. The van der Waals surface area contributed by atoms with Crippen LogP contribution in [0.2, 0.25) is 0 Å². The predicted octanol–water partition coefficient (Wildman–Crippen LogP) is 5.01. The van der Waals surface area contributed by atoms with Crippen molar-refractivity contribution in [1.82, 2.24) is 25.3 Å². The van der Waals surface area contributed by atoms with Crippen LogP contribution in [0.15, 0.2) is 36.5 Å². The van der Waals surface area contributed by atoms with Crippen molar-refractivity contribution in [3.8, 4) is 16.3 Å². The van der Waals surface area contributed by atoms with Crippen molar-refractivity contribution in [2.45, 2.75) is 38.6 Å². The second kappa shape index (κ2) is 9.09. The smallest absolute Gasteiger partial charge is 0.251 e. The van der Waals surface area contributed by atoms with Crippen molar-refractivity contribution < 1.29 is 18.7 Å². The Labute approximate surface area is 198 Å². The molecule has 0 bridgehead atoms. The molecule has 0 unspecified atom stereocenters. The van der Waals surface area contributed by atoms with E-state index >= 15 is 0 Å². The molecule has 0 aliphatic heterocycles. The van der Waals surface area contributed by atoms with Gasteiger partial charge in [0.1, 0.15) is 10.0 Å². The van der Waals surface area contributed by atoms with Crippen LogP contribution in [0, 0.1) is 24.5 Å². The topological polar surface area (TPSA) is 92.9 Å². The quantitative estimate of drug-likeness (QED) is 0.416. The molecule has 176 valence electrons. The lowest BCUT2D eigenvalue weighted by Gasteiger charge is -2.28. The van der Waals surface area contributed by atoms with E-state index in [0.717, 1.165) is 64.3 Å². The molecule has 0 atom stereocenters.